The first-order valence-electron chi connectivity index (χ1n) is 7.07. The van der Waals surface area contributed by atoms with Gasteiger partial charge in [0.1, 0.15) is 0 Å². The topological polar surface area (TPSA) is 74.6 Å². The second kappa shape index (κ2) is 8.11. The second-order valence-corrected chi connectivity index (χ2v) is 5.35. The van der Waals surface area contributed by atoms with E-state index in [1.165, 1.54) is 38.5 Å². The molecule has 0 aromatic heterocycles. The van der Waals surface area contributed by atoms with Gasteiger partial charge in [0, 0.05) is 0 Å². The van der Waals surface area contributed by atoms with Gasteiger partial charge in [0.05, 0.1) is 11.8 Å². The minimum absolute atomic E-state index is 0.319. The largest absolute Gasteiger partial charge is 0.481 e. The van der Waals surface area contributed by atoms with Crippen molar-refractivity contribution in [2.45, 2.75) is 64.2 Å². The minimum Gasteiger partial charge on any atom is -0.481 e. The van der Waals surface area contributed by atoms with Gasteiger partial charge in [0.15, 0.2) is 0 Å². The van der Waals surface area contributed by atoms with Crippen LogP contribution in [0.15, 0.2) is 0 Å². The SMILES string of the molecule is C1CCCCC1.O=C(O)C1CCC(C(=O)O)CC1. The highest BCUT2D eigenvalue weighted by atomic mass is 16.4. The summed E-state index contributed by atoms with van der Waals surface area (Å²) in [5.41, 5.74) is 0. The monoisotopic (exact) mass is 256 g/mol. The van der Waals surface area contributed by atoms with Gasteiger partial charge < -0.3 is 10.2 Å². The molecule has 0 heterocycles. The van der Waals surface area contributed by atoms with Gasteiger partial charge in [-0.25, -0.2) is 0 Å². The molecule has 0 spiro atoms. The van der Waals surface area contributed by atoms with Gasteiger partial charge in [-0.2, -0.15) is 0 Å². The van der Waals surface area contributed by atoms with E-state index in [1.807, 2.05) is 0 Å². The number of hydrogen-bond acceptors (Lipinski definition) is 2. The van der Waals surface area contributed by atoms with E-state index in [0.29, 0.717) is 25.7 Å². The van der Waals surface area contributed by atoms with Crippen molar-refractivity contribution >= 4 is 11.9 Å². The van der Waals surface area contributed by atoms with Crippen LogP contribution in [0.25, 0.3) is 0 Å². The fourth-order valence-corrected chi connectivity index (χ4v) is 2.65. The highest BCUT2D eigenvalue weighted by Crippen LogP contribution is 2.28. The Morgan fingerprint density at radius 3 is 1.00 bits per heavy atom. The maximum Gasteiger partial charge on any atom is 0.306 e. The standard InChI is InChI=1S/C8H12O4.C6H12/c9-7(10)5-1-2-6(4-3-5)8(11)12;1-2-4-6-5-3-1/h5-6H,1-4H2,(H,9,10)(H,11,12);1-6H2. The normalized spacial score (nSPS) is 27.8. The molecule has 4 nitrogen and oxygen atoms in total. The molecule has 4 heteroatoms. The van der Waals surface area contributed by atoms with Crippen LogP contribution in [0.4, 0.5) is 0 Å². The van der Waals surface area contributed by atoms with Crippen LogP contribution in [0.1, 0.15) is 64.2 Å². The number of carboxylic acids is 2. The lowest BCUT2D eigenvalue weighted by Crippen LogP contribution is -2.25. The zero-order valence-electron chi connectivity index (χ0n) is 10.9. The molecule has 104 valence electrons. The average molecular weight is 256 g/mol. The number of hydrogen-bond donors (Lipinski definition) is 2. The summed E-state index contributed by atoms with van der Waals surface area (Å²) >= 11 is 0. The van der Waals surface area contributed by atoms with Crippen LogP contribution in [0.3, 0.4) is 0 Å². The van der Waals surface area contributed by atoms with Gasteiger partial charge in [-0.15, -0.1) is 0 Å². The molecule has 0 bridgehead atoms. The Bertz CT molecular complexity index is 229. The summed E-state index contributed by atoms with van der Waals surface area (Å²) in [5.74, 6) is -2.22. The molecule has 2 rings (SSSR count). The number of aliphatic carboxylic acids is 2. The Hall–Kier alpha value is -1.06. The quantitative estimate of drug-likeness (QED) is 0.795. The van der Waals surface area contributed by atoms with Crippen LogP contribution in [0.2, 0.25) is 0 Å². The molecular weight excluding hydrogens is 232 g/mol. The van der Waals surface area contributed by atoms with E-state index in [4.69, 9.17) is 10.2 Å². The molecule has 18 heavy (non-hydrogen) atoms. The first-order valence-corrected chi connectivity index (χ1v) is 7.07. The van der Waals surface area contributed by atoms with Crippen molar-refractivity contribution < 1.29 is 19.8 Å². The maximum absolute atomic E-state index is 10.5. The number of rotatable bonds is 2. The molecule has 2 aliphatic carbocycles. The van der Waals surface area contributed by atoms with Crippen molar-refractivity contribution in [2.75, 3.05) is 0 Å². The molecule has 2 fully saturated rings. The molecular formula is C14H24O4. The van der Waals surface area contributed by atoms with Crippen molar-refractivity contribution in [3.8, 4) is 0 Å². The first-order chi connectivity index (χ1) is 8.61. The van der Waals surface area contributed by atoms with E-state index in [1.54, 1.807) is 0 Å². The Morgan fingerprint density at radius 1 is 0.611 bits per heavy atom. The van der Waals surface area contributed by atoms with E-state index >= 15 is 0 Å². The van der Waals surface area contributed by atoms with Crippen molar-refractivity contribution in [1.82, 2.24) is 0 Å². The lowest BCUT2D eigenvalue weighted by Gasteiger charge is -2.22. The molecule has 2 saturated carbocycles. The smallest absolute Gasteiger partial charge is 0.306 e. The van der Waals surface area contributed by atoms with Gasteiger partial charge in [0.25, 0.3) is 0 Å². The molecule has 2 N–H and O–H groups in total. The lowest BCUT2D eigenvalue weighted by atomic mass is 9.82. The molecule has 0 saturated heterocycles. The van der Waals surface area contributed by atoms with Gasteiger partial charge in [-0.3, -0.25) is 9.59 Å². The zero-order chi connectivity index (χ0) is 13.4. The van der Waals surface area contributed by atoms with Gasteiger partial charge in [-0.05, 0) is 25.7 Å². The summed E-state index contributed by atoms with van der Waals surface area (Å²) in [5, 5.41) is 17.2. The van der Waals surface area contributed by atoms with Gasteiger partial charge in [0.2, 0.25) is 0 Å². The highest BCUT2D eigenvalue weighted by Gasteiger charge is 2.29. The van der Waals surface area contributed by atoms with E-state index in [2.05, 4.69) is 0 Å². The molecule has 0 aromatic rings. The summed E-state index contributed by atoms with van der Waals surface area (Å²) in [6.07, 6.45) is 11.0. The molecule has 0 radical (unpaired) electrons. The molecule has 0 atom stereocenters. The number of carbonyl (C=O) groups is 2. The van der Waals surface area contributed by atoms with Crippen molar-refractivity contribution in [3.63, 3.8) is 0 Å². The summed E-state index contributed by atoms with van der Waals surface area (Å²) < 4.78 is 0. The average Bonchev–Trinajstić information content (AvgIpc) is 2.41. The first kappa shape index (κ1) is 15.0. The van der Waals surface area contributed by atoms with Crippen LogP contribution in [-0.4, -0.2) is 22.2 Å². The summed E-state index contributed by atoms with van der Waals surface area (Å²) in [7, 11) is 0. The Kier molecular flexibility index (Phi) is 6.76. The molecule has 0 aliphatic heterocycles. The summed E-state index contributed by atoms with van der Waals surface area (Å²) in [4.78, 5) is 21.0. The van der Waals surface area contributed by atoms with E-state index in [0.717, 1.165) is 0 Å². The third-order valence-electron chi connectivity index (χ3n) is 3.93. The third kappa shape index (κ3) is 5.52. The van der Waals surface area contributed by atoms with Gasteiger partial charge >= 0.3 is 11.9 Å². The van der Waals surface area contributed by atoms with E-state index in [-0.39, 0.29) is 11.8 Å². The lowest BCUT2D eigenvalue weighted by molar-refractivity contribution is -0.148. The van der Waals surface area contributed by atoms with Crippen molar-refractivity contribution in [2.24, 2.45) is 11.8 Å². The molecule has 0 aromatic carbocycles. The van der Waals surface area contributed by atoms with Crippen LogP contribution in [-0.2, 0) is 9.59 Å². The fraction of sp³-hybridized carbons (Fsp3) is 0.857. The second-order valence-electron chi connectivity index (χ2n) is 5.35. The Balaban J connectivity index is 0.000000225. The van der Waals surface area contributed by atoms with Crippen LogP contribution in [0, 0.1) is 11.8 Å². The Labute approximate surface area is 108 Å². The zero-order valence-corrected chi connectivity index (χ0v) is 10.9. The molecule has 2 aliphatic rings. The third-order valence-corrected chi connectivity index (χ3v) is 3.93. The molecule has 0 amide bonds. The highest BCUT2D eigenvalue weighted by molar-refractivity contribution is 5.72. The van der Waals surface area contributed by atoms with Crippen LogP contribution < -0.4 is 0 Å². The van der Waals surface area contributed by atoms with Crippen molar-refractivity contribution in [1.29, 1.82) is 0 Å². The van der Waals surface area contributed by atoms with Crippen LogP contribution >= 0.6 is 0 Å². The predicted molar refractivity (Wildman–Crippen MR) is 68.4 cm³/mol. The molecule has 0 unspecified atom stereocenters. The minimum atomic E-state index is -0.793. The van der Waals surface area contributed by atoms with E-state index in [9.17, 15) is 9.59 Å². The van der Waals surface area contributed by atoms with E-state index < -0.39 is 11.9 Å². The summed E-state index contributed by atoms with van der Waals surface area (Å²) in [6.45, 7) is 0. The number of carboxylic acid groups (broad SMARTS) is 2. The predicted octanol–water partition coefficient (Wildman–Crippen LogP) is 3.30. The van der Waals surface area contributed by atoms with Crippen molar-refractivity contribution in [3.05, 3.63) is 0 Å². The van der Waals surface area contributed by atoms with Gasteiger partial charge in [-0.1, -0.05) is 38.5 Å². The fourth-order valence-electron chi connectivity index (χ4n) is 2.65. The maximum atomic E-state index is 10.5. The van der Waals surface area contributed by atoms with Crippen LogP contribution in [0.5, 0.6) is 0 Å². The summed E-state index contributed by atoms with van der Waals surface area (Å²) in [6, 6.07) is 0. The Morgan fingerprint density at radius 2 is 0.833 bits per heavy atom.